The number of halogens is 2. The maximum Gasteiger partial charge on any atom is 0.387 e. The fraction of sp³-hybridized carbons (Fsp3) is 0.292. The fourth-order valence-electron chi connectivity index (χ4n) is 3.72. The first-order valence-corrected chi connectivity index (χ1v) is 10.9. The summed E-state index contributed by atoms with van der Waals surface area (Å²) in [5.41, 5.74) is 6.14. The summed E-state index contributed by atoms with van der Waals surface area (Å²) in [5, 5.41) is 0. The van der Waals surface area contributed by atoms with Crippen LogP contribution >= 0.6 is 0 Å². The third-order valence-corrected chi connectivity index (χ3v) is 5.27. The summed E-state index contributed by atoms with van der Waals surface area (Å²) in [7, 11) is 1.68. The van der Waals surface area contributed by atoms with Crippen LogP contribution < -0.4 is 26.6 Å². The summed E-state index contributed by atoms with van der Waals surface area (Å²) < 4.78 is 30.6. The van der Waals surface area contributed by atoms with Crippen molar-refractivity contribution < 1.29 is 18.3 Å². The van der Waals surface area contributed by atoms with Crippen molar-refractivity contribution >= 4 is 17.4 Å². The lowest BCUT2D eigenvalue weighted by molar-refractivity contribution is -0.119. The number of nitrogen functional groups attached to an aromatic ring is 1. The number of rotatable bonds is 10. The van der Waals surface area contributed by atoms with Gasteiger partial charge in [0.2, 0.25) is 5.91 Å². The number of nitrogens with one attached hydrogen (secondary N) is 1. The molecule has 0 unspecified atom stereocenters. The minimum absolute atomic E-state index is 0.0207. The quantitative estimate of drug-likeness (QED) is 0.454. The van der Waals surface area contributed by atoms with E-state index in [4.69, 9.17) is 5.73 Å². The summed E-state index contributed by atoms with van der Waals surface area (Å²) in [4.78, 5) is 43.3. The van der Waals surface area contributed by atoms with Crippen LogP contribution in [-0.4, -0.2) is 47.1 Å². The number of carbonyl (C=O) groups is 1. The Morgan fingerprint density at radius 1 is 1.11 bits per heavy atom. The van der Waals surface area contributed by atoms with E-state index >= 15 is 0 Å². The lowest BCUT2D eigenvalue weighted by atomic mass is 10.2. The van der Waals surface area contributed by atoms with Crippen LogP contribution in [0.15, 0.2) is 64.2 Å². The van der Waals surface area contributed by atoms with Gasteiger partial charge in [0.15, 0.2) is 5.69 Å². The number of nitrogens with two attached hydrogens (primary N) is 1. The maximum atomic E-state index is 13.1. The second-order valence-electron chi connectivity index (χ2n) is 7.90. The minimum atomic E-state index is -2.93. The van der Waals surface area contributed by atoms with Gasteiger partial charge in [-0.25, -0.2) is 4.79 Å². The highest BCUT2D eigenvalue weighted by atomic mass is 19.3. The molecule has 0 saturated carbocycles. The molecule has 0 spiro atoms. The Morgan fingerprint density at radius 3 is 2.46 bits per heavy atom. The first-order valence-electron chi connectivity index (χ1n) is 10.9. The van der Waals surface area contributed by atoms with Gasteiger partial charge in [-0.05, 0) is 37.2 Å². The van der Waals surface area contributed by atoms with Crippen molar-refractivity contribution in [2.24, 2.45) is 0 Å². The van der Waals surface area contributed by atoms with Crippen LogP contribution in [0.3, 0.4) is 0 Å². The van der Waals surface area contributed by atoms with Crippen LogP contribution in [0.4, 0.5) is 20.3 Å². The zero-order valence-corrected chi connectivity index (χ0v) is 19.4. The molecule has 0 aliphatic rings. The number of alkyl halides is 2. The lowest BCUT2D eigenvalue weighted by Gasteiger charge is -2.25. The number of carbonyl (C=O) groups excluding carboxylic acids is 1. The average molecular weight is 488 g/mol. The Bertz CT molecular complexity index is 1280. The molecule has 3 N–H and O–H groups in total. The maximum absolute atomic E-state index is 13.1. The molecule has 0 saturated heterocycles. The van der Waals surface area contributed by atoms with Gasteiger partial charge in [-0.2, -0.15) is 8.78 Å². The second-order valence-corrected chi connectivity index (χ2v) is 7.90. The SMILES string of the molecule is CCN(C(=O)CN(C)Cc1cccc(OC(F)F)c1)c1c(N)n(Cc2ccccc2)c(=O)[nH]c1=O. The first kappa shape index (κ1) is 25.6. The van der Waals surface area contributed by atoms with E-state index in [9.17, 15) is 23.2 Å². The number of nitrogens with zero attached hydrogens (tertiary/aromatic N) is 3. The van der Waals surface area contributed by atoms with Gasteiger partial charge in [0.05, 0.1) is 13.1 Å². The summed E-state index contributed by atoms with van der Waals surface area (Å²) in [6.45, 7) is -0.808. The number of hydrogen-bond donors (Lipinski definition) is 2. The molecule has 1 amide bonds. The number of aromatic amines is 1. The number of hydrogen-bond acceptors (Lipinski definition) is 6. The van der Waals surface area contributed by atoms with E-state index in [0.717, 1.165) is 5.56 Å². The van der Waals surface area contributed by atoms with Crippen molar-refractivity contribution in [1.29, 1.82) is 0 Å². The minimum Gasteiger partial charge on any atom is -0.435 e. The molecule has 0 atom stereocenters. The van der Waals surface area contributed by atoms with Crippen LogP contribution in [0.1, 0.15) is 18.1 Å². The molecular weight excluding hydrogens is 460 g/mol. The predicted molar refractivity (Wildman–Crippen MR) is 129 cm³/mol. The van der Waals surface area contributed by atoms with Crippen LogP contribution in [0.2, 0.25) is 0 Å². The van der Waals surface area contributed by atoms with Gasteiger partial charge >= 0.3 is 12.3 Å². The number of benzene rings is 2. The molecule has 0 aliphatic heterocycles. The third-order valence-electron chi connectivity index (χ3n) is 5.27. The number of aromatic nitrogens is 2. The van der Waals surface area contributed by atoms with Crippen molar-refractivity contribution in [3.05, 3.63) is 86.6 Å². The topological polar surface area (TPSA) is 114 Å². The number of anilines is 2. The van der Waals surface area contributed by atoms with Gasteiger partial charge in [0, 0.05) is 13.1 Å². The van der Waals surface area contributed by atoms with Crippen molar-refractivity contribution in [2.75, 3.05) is 30.8 Å². The van der Waals surface area contributed by atoms with E-state index < -0.39 is 23.8 Å². The van der Waals surface area contributed by atoms with Gasteiger partial charge in [0.25, 0.3) is 5.56 Å². The highest BCUT2D eigenvalue weighted by Gasteiger charge is 2.24. The van der Waals surface area contributed by atoms with E-state index in [-0.39, 0.29) is 43.4 Å². The Balaban J connectivity index is 1.80. The van der Waals surface area contributed by atoms with E-state index in [1.165, 1.54) is 21.6 Å². The standard InChI is InChI=1S/C24H27F2N5O4/c1-3-30(19(32)15-29(2)13-17-10-7-11-18(12-17)35-23(25)26)20-21(27)31(24(34)28-22(20)33)14-16-8-5-4-6-9-16/h4-12,23H,3,13-15,27H2,1-2H3,(H,28,33,34). The van der Waals surface area contributed by atoms with Gasteiger partial charge in [0.1, 0.15) is 11.6 Å². The molecule has 0 aliphatic carbocycles. The van der Waals surface area contributed by atoms with E-state index in [2.05, 4.69) is 9.72 Å². The Hall–Kier alpha value is -3.99. The zero-order chi connectivity index (χ0) is 25.5. The molecule has 35 heavy (non-hydrogen) atoms. The summed E-state index contributed by atoms with van der Waals surface area (Å²) in [6.07, 6.45) is 0. The largest absolute Gasteiger partial charge is 0.435 e. The fourth-order valence-corrected chi connectivity index (χ4v) is 3.72. The molecule has 1 heterocycles. The molecular formula is C24H27F2N5O4. The van der Waals surface area contributed by atoms with Crippen molar-refractivity contribution in [2.45, 2.75) is 26.6 Å². The van der Waals surface area contributed by atoms with Crippen molar-refractivity contribution in [1.82, 2.24) is 14.5 Å². The third kappa shape index (κ3) is 6.54. The highest BCUT2D eigenvalue weighted by Crippen LogP contribution is 2.19. The molecule has 3 aromatic rings. The summed E-state index contributed by atoms with van der Waals surface area (Å²) in [6, 6.07) is 15.3. The normalized spacial score (nSPS) is 11.1. The number of likely N-dealkylation sites (N-methyl/N-ethyl adjacent to an activating group) is 2. The number of amides is 1. The summed E-state index contributed by atoms with van der Waals surface area (Å²) >= 11 is 0. The molecule has 0 bridgehead atoms. The molecule has 0 fully saturated rings. The molecule has 0 radical (unpaired) electrons. The lowest BCUT2D eigenvalue weighted by Crippen LogP contribution is -2.44. The predicted octanol–water partition coefficient (Wildman–Crippen LogP) is 2.25. The van der Waals surface area contributed by atoms with Gasteiger partial charge in [-0.3, -0.25) is 24.0 Å². The van der Waals surface area contributed by atoms with Crippen LogP contribution in [-0.2, 0) is 17.9 Å². The molecule has 3 rings (SSSR count). The summed E-state index contributed by atoms with van der Waals surface area (Å²) in [5.74, 6) is -0.512. The second kappa shape index (κ2) is 11.4. The molecule has 1 aromatic heterocycles. The average Bonchev–Trinajstić information content (AvgIpc) is 2.79. The Labute approximate surface area is 200 Å². The van der Waals surface area contributed by atoms with Gasteiger partial charge in [-0.1, -0.05) is 42.5 Å². The van der Waals surface area contributed by atoms with E-state index in [1.807, 2.05) is 30.3 Å². The van der Waals surface area contributed by atoms with Crippen LogP contribution in [0.5, 0.6) is 5.75 Å². The molecule has 2 aromatic carbocycles. The Morgan fingerprint density at radius 2 is 1.80 bits per heavy atom. The Kier molecular flexibility index (Phi) is 8.37. The van der Waals surface area contributed by atoms with Crippen molar-refractivity contribution in [3.63, 3.8) is 0 Å². The molecule has 11 heteroatoms. The number of H-pyrrole nitrogens is 1. The van der Waals surface area contributed by atoms with Crippen LogP contribution in [0.25, 0.3) is 0 Å². The van der Waals surface area contributed by atoms with E-state index in [1.54, 1.807) is 31.0 Å². The first-order chi connectivity index (χ1) is 16.7. The molecule has 9 nitrogen and oxygen atoms in total. The van der Waals surface area contributed by atoms with Gasteiger partial charge in [-0.15, -0.1) is 0 Å². The molecule has 186 valence electrons. The monoisotopic (exact) mass is 487 g/mol. The smallest absolute Gasteiger partial charge is 0.387 e. The van der Waals surface area contributed by atoms with Crippen molar-refractivity contribution in [3.8, 4) is 5.75 Å². The van der Waals surface area contributed by atoms with Crippen LogP contribution in [0, 0.1) is 0 Å². The van der Waals surface area contributed by atoms with E-state index in [0.29, 0.717) is 5.56 Å². The van der Waals surface area contributed by atoms with Gasteiger partial charge < -0.3 is 15.4 Å². The highest BCUT2D eigenvalue weighted by molar-refractivity contribution is 5.96. The number of ether oxygens (including phenoxy) is 1. The zero-order valence-electron chi connectivity index (χ0n) is 19.4.